The van der Waals surface area contributed by atoms with Crippen LogP contribution in [-0.2, 0) is 24.1 Å². The van der Waals surface area contributed by atoms with Gasteiger partial charge in [-0.3, -0.25) is 4.68 Å². The van der Waals surface area contributed by atoms with Crippen LogP contribution >= 0.6 is 0 Å². The first-order valence-corrected chi connectivity index (χ1v) is 8.61. The summed E-state index contributed by atoms with van der Waals surface area (Å²) in [6.07, 6.45) is 7.27. The smallest absolute Gasteiger partial charge is 0.0624 e. The monoisotopic (exact) mass is 291 g/mol. The Bertz CT molecular complexity index is 459. The molecular weight excluding hydrogens is 262 g/mol. The van der Waals surface area contributed by atoms with Crippen molar-refractivity contribution in [1.82, 2.24) is 15.1 Å². The van der Waals surface area contributed by atoms with E-state index in [1.807, 2.05) is 0 Å². The lowest BCUT2D eigenvalue weighted by Crippen LogP contribution is -2.43. The molecule has 21 heavy (non-hydrogen) atoms. The Hall–Kier alpha value is -0.870. The number of hydrogen-bond donors (Lipinski definition) is 1. The minimum Gasteiger partial charge on any atom is -0.381 e. The fourth-order valence-corrected chi connectivity index (χ4v) is 3.39. The van der Waals surface area contributed by atoms with E-state index in [9.17, 15) is 0 Å². The normalized spacial score (nSPS) is 26.2. The maximum Gasteiger partial charge on any atom is 0.0624 e. The van der Waals surface area contributed by atoms with Gasteiger partial charge in [0.25, 0.3) is 0 Å². The highest BCUT2D eigenvalue weighted by Crippen LogP contribution is 2.33. The van der Waals surface area contributed by atoms with E-state index in [-0.39, 0.29) is 5.41 Å². The third kappa shape index (κ3) is 3.67. The number of nitrogens with one attached hydrogen (secondary N) is 1. The largest absolute Gasteiger partial charge is 0.381 e. The highest BCUT2D eigenvalue weighted by Gasteiger charge is 2.36. The average molecular weight is 291 g/mol. The predicted octanol–water partition coefficient (Wildman–Crippen LogP) is 2.56. The first-order valence-electron chi connectivity index (χ1n) is 8.61. The van der Waals surface area contributed by atoms with Gasteiger partial charge in [-0.15, -0.1) is 0 Å². The number of aromatic nitrogens is 2. The van der Waals surface area contributed by atoms with E-state index in [1.54, 1.807) is 0 Å². The van der Waals surface area contributed by atoms with Gasteiger partial charge in [-0.1, -0.05) is 6.92 Å². The highest BCUT2D eigenvalue weighted by molar-refractivity contribution is 5.13. The Morgan fingerprint density at radius 1 is 1.43 bits per heavy atom. The molecule has 0 aromatic carbocycles. The van der Waals surface area contributed by atoms with E-state index in [0.717, 1.165) is 45.2 Å². The molecule has 1 aromatic rings. The van der Waals surface area contributed by atoms with Crippen LogP contribution in [0.2, 0.25) is 0 Å². The zero-order valence-electron chi connectivity index (χ0n) is 13.5. The standard InChI is InChI=1S/C17H29N3O/c1-3-14-10-16(20(4-2)19-14)11-17(8-5-9-21-13-17)12-18-15-6-7-15/h10,15,18H,3-9,11-13H2,1-2H3. The third-order valence-electron chi connectivity index (χ3n) is 4.88. The maximum absolute atomic E-state index is 5.85. The summed E-state index contributed by atoms with van der Waals surface area (Å²) >= 11 is 0. The molecule has 3 rings (SSSR count). The Kier molecular flexibility index (Phi) is 4.65. The topological polar surface area (TPSA) is 39.1 Å². The van der Waals surface area contributed by atoms with Gasteiger partial charge >= 0.3 is 0 Å². The molecule has 1 saturated heterocycles. The second-order valence-electron chi connectivity index (χ2n) is 6.78. The molecular formula is C17H29N3O. The zero-order chi connectivity index (χ0) is 14.7. The quantitative estimate of drug-likeness (QED) is 0.839. The highest BCUT2D eigenvalue weighted by atomic mass is 16.5. The summed E-state index contributed by atoms with van der Waals surface area (Å²) in [7, 11) is 0. The Morgan fingerprint density at radius 3 is 2.90 bits per heavy atom. The van der Waals surface area contributed by atoms with E-state index in [1.165, 1.54) is 37.1 Å². The van der Waals surface area contributed by atoms with Crippen LogP contribution in [0.25, 0.3) is 0 Å². The lowest BCUT2D eigenvalue weighted by Gasteiger charge is -2.37. The molecule has 0 spiro atoms. The molecule has 1 saturated carbocycles. The fraction of sp³-hybridized carbons (Fsp3) is 0.824. The van der Waals surface area contributed by atoms with Crippen LogP contribution in [-0.4, -0.2) is 35.6 Å². The summed E-state index contributed by atoms with van der Waals surface area (Å²) in [6, 6.07) is 3.07. The molecule has 1 aliphatic heterocycles. The third-order valence-corrected chi connectivity index (χ3v) is 4.88. The van der Waals surface area contributed by atoms with Gasteiger partial charge in [0.2, 0.25) is 0 Å². The summed E-state index contributed by atoms with van der Waals surface area (Å²) in [5.41, 5.74) is 2.87. The van der Waals surface area contributed by atoms with Gasteiger partial charge in [0.1, 0.15) is 0 Å². The molecule has 2 aliphatic rings. The van der Waals surface area contributed by atoms with Crippen molar-refractivity contribution in [2.24, 2.45) is 5.41 Å². The molecule has 0 radical (unpaired) electrons. The van der Waals surface area contributed by atoms with Crippen molar-refractivity contribution in [1.29, 1.82) is 0 Å². The van der Waals surface area contributed by atoms with Crippen molar-refractivity contribution < 1.29 is 4.74 Å². The Morgan fingerprint density at radius 2 is 2.29 bits per heavy atom. The summed E-state index contributed by atoms with van der Waals surface area (Å²) in [6.45, 7) is 8.24. The van der Waals surface area contributed by atoms with Crippen molar-refractivity contribution >= 4 is 0 Å². The van der Waals surface area contributed by atoms with E-state index in [2.05, 4.69) is 29.9 Å². The molecule has 1 aliphatic carbocycles. The van der Waals surface area contributed by atoms with Crippen LogP contribution in [0.3, 0.4) is 0 Å². The summed E-state index contributed by atoms with van der Waals surface area (Å²) in [5, 5.41) is 8.44. The molecule has 0 amide bonds. The molecule has 1 unspecified atom stereocenters. The van der Waals surface area contributed by atoms with E-state index >= 15 is 0 Å². The number of hydrogen-bond acceptors (Lipinski definition) is 3. The van der Waals surface area contributed by atoms with Crippen LogP contribution in [0.4, 0.5) is 0 Å². The molecule has 1 N–H and O–H groups in total. The van der Waals surface area contributed by atoms with E-state index in [0.29, 0.717) is 0 Å². The van der Waals surface area contributed by atoms with Crippen molar-refractivity contribution in [3.63, 3.8) is 0 Å². The van der Waals surface area contributed by atoms with Crippen molar-refractivity contribution in [2.75, 3.05) is 19.8 Å². The molecule has 0 bridgehead atoms. The van der Waals surface area contributed by atoms with Crippen molar-refractivity contribution in [3.8, 4) is 0 Å². The minimum atomic E-state index is 0.263. The minimum absolute atomic E-state index is 0.263. The Labute approximate surface area is 128 Å². The van der Waals surface area contributed by atoms with Crippen LogP contribution in [0.1, 0.15) is 50.9 Å². The van der Waals surface area contributed by atoms with Gasteiger partial charge in [0.15, 0.2) is 0 Å². The summed E-state index contributed by atoms with van der Waals surface area (Å²) in [5.74, 6) is 0. The van der Waals surface area contributed by atoms with Crippen LogP contribution in [0.15, 0.2) is 6.07 Å². The first-order chi connectivity index (χ1) is 10.2. The lowest BCUT2D eigenvalue weighted by molar-refractivity contribution is -0.00833. The molecule has 1 atom stereocenters. The zero-order valence-corrected chi connectivity index (χ0v) is 13.5. The van der Waals surface area contributed by atoms with Gasteiger partial charge in [0.05, 0.1) is 12.3 Å². The van der Waals surface area contributed by atoms with Gasteiger partial charge < -0.3 is 10.1 Å². The fourth-order valence-electron chi connectivity index (χ4n) is 3.39. The lowest BCUT2D eigenvalue weighted by atomic mass is 9.78. The summed E-state index contributed by atoms with van der Waals surface area (Å²) in [4.78, 5) is 0. The number of ether oxygens (including phenoxy) is 1. The molecule has 118 valence electrons. The molecule has 4 heteroatoms. The van der Waals surface area contributed by atoms with Crippen LogP contribution in [0, 0.1) is 5.41 Å². The van der Waals surface area contributed by atoms with E-state index < -0.39 is 0 Å². The first kappa shape index (κ1) is 15.0. The second kappa shape index (κ2) is 6.49. The van der Waals surface area contributed by atoms with Crippen LogP contribution in [0.5, 0.6) is 0 Å². The molecule has 2 heterocycles. The molecule has 4 nitrogen and oxygen atoms in total. The van der Waals surface area contributed by atoms with E-state index in [4.69, 9.17) is 9.84 Å². The Balaban J connectivity index is 1.74. The van der Waals surface area contributed by atoms with Gasteiger partial charge in [0, 0.05) is 36.8 Å². The SMILES string of the molecule is CCc1cc(CC2(CNC3CC3)CCCOC2)n(CC)n1. The van der Waals surface area contributed by atoms with Crippen molar-refractivity contribution in [3.05, 3.63) is 17.5 Å². The van der Waals surface area contributed by atoms with Crippen molar-refractivity contribution in [2.45, 2.75) is 65.0 Å². The van der Waals surface area contributed by atoms with Gasteiger partial charge in [-0.2, -0.15) is 5.10 Å². The molecule has 2 fully saturated rings. The second-order valence-corrected chi connectivity index (χ2v) is 6.78. The van der Waals surface area contributed by atoms with Crippen LogP contribution < -0.4 is 5.32 Å². The van der Waals surface area contributed by atoms with Gasteiger partial charge in [-0.25, -0.2) is 0 Å². The number of nitrogens with zero attached hydrogens (tertiary/aromatic N) is 2. The predicted molar refractivity (Wildman–Crippen MR) is 84.5 cm³/mol. The van der Waals surface area contributed by atoms with Gasteiger partial charge in [-0.05, 0) is 51.5 Å². The maximum atomic E-state index is 5.85. The average Bonchev–Trinajstić information content (AvgIpc) is 3.27. The number of rotatable bonds is 7. The summed E-state index contributed by atoms with van der Waals surface area (Å²) < 4.78 is 8.03. The molecule has 1 aromatic heterocycles. The number of aryl methyl sites for hydroxylation is 2.